The molecule has 4 heteroatoms. The van der Waals surface area contributed by atoms with Crippen molar-refractivity contribution in [1.29, 1.82) is 0 Å². The number of fused-ring (bicyclic) bond motifs is 1. The minimum absolute atomic E-state index is 0.440. The van der Waals surface area contributed by atoms with Crippen molar-refractivity contribution in [2.45, 2.75) is 19.6 Å². The molecule has 0 aliphatic carbocycles. The number of pyridine rings is 1. The van der Waals surface area contributed by atoms with E-state index in [1.54, 1.807) is 6.20 Å². The van der Waals surface area contributed by atoms with Crippen molar-refractivity contribution in [3.63, 3.8) is 0 Å². The molecule has 3 rings (SSSR count). The number of nitrogens with zero attached hydrogens (tertiary/aromatic N) is 2. The molecule has 1 aromatic carbocycles. The van der Waals surface area contributed by atoms with E-state index >= 15 is 0 Å². The molecule has 0 spiro atoms. The third-order valence-electron chi connectivity index (χ3n) is 3.30. The van der Waals surface area contributed by atoms with Gasteiger partial charge in [0.1, 0.15) is 5.82 Å². The Balaban J connectivity index is 1.90. The van der Waals surface area contributed by atoms with Gasteiger partial charge in [-0.3, -0.25) is 0 Å². The highest BCUT2D eigenvalue weighted by atomic mass is 35.5. The molecule has 18 heavy (non-hydrogen) atoms. The van der Waals surface area contributed by atoms with Gasteiger partial charge in [-0.15, -0.1) is 0 Å². The summed E-state index contributed by atoms with van der Waals surface area (Å²) in [6.45, 7) is 2.23. The van der Waals surface area contributed by atoms with E-state index in [4.69, 9.17) is 17.3 Å². The molecule has 1 aromatic heterocycles. The number of hydrogen-bond acceptors (Lipinski definition) is 3. The van der Waals surface area contributed by atoms with Gasteiger partial charge in [0, 0.05) is 25.8 Å². The highest BCUT2D eigenvalue weighted by Gasteiger charge is 2.19. The van der Waals surface area contributed by atoms with E-state index in [9.17, 15) is 0 Å². The Bertz CT molecular complexity index is 558. The number of hydrogen-bond donors (Lipinski definition) is 1. The van der Waals surface area contributed by atoms with Gasteiger partial charge >= 0.3 is 0 Å². The second kappa shape index (κ2) is 4.59. The monoisotopic (exact) mass is 259 g/mol. The average Bonchev–Trinajstić information content (AvgIpc) is 2.83. The van der Waals surface area contributed by atoms with Crippen LogP contribution in [-0.4, -0.2) is 4.98 Å². The van der Waals surface area contributed by atoms with Crippen molar-refractivity contribution < 1.29 is 0 Å². The lowest BCUT2D eigenvalue weighted by molar-refractivity contribution is 0.853. The van der Waals surface area contributed by atoms with Gasteiger partial charge < -0.3 is 10.6 Å². The van der Waals surface area contributed by atoms with Crippen LogP contribution in [-0.2, 0) is 19.6 Å². The van der Waals surface area contributed by atoms with E-state index in [0.717, 1.165) is 24.5 Å². The molecule has 0 fully saturated rings. The maximum Gasteiger partial charge on any atom is 0.129 e. The molecule has 1 aliphatic rings. The van der Waals surface area contributed by atoms with Gasteiger partial charge in [0.15, 0.2) is 0 Å². The lowest BCUT2D eigenvalue weighted by Gasteiger charge is -2.17. The van der Waals surface area contributed by atoms with Gasteiger partial charge in [0.25, 0.3) is 0 Å². The quantitative estimate of drug-likeness (QED) is 0.902. The average molecular weight is 260 g/mol. The zero-order valence-electron chi connectivity index (χ0n) is 9.94. The first-order valence-electron chi connectivity index (χ1n) is 5.94. The summed E-state index contributed by atoms with van der Waals surface area (Å²) in [5.74, 6) is 0.941. The molecule has 0 unspecified atom stereocenters. The zero-order chi connectivity index (χ0) is 12.5. The predicted molar refractivity (Wildman–Crippen MR) is 73.5 cm³/mol. The van der Waals surface area contributed by atoms with Crippen LogP contribution in [0.2, 0.25) is 5.02 Å². The van der Waals surface area contributed by atoms with Gasteiger partial charge in [-0.1, -0.05) is 35.9 Å². The number of benzene rings is 1. The topological polar surface area (TPSA) is 42.1 Å². The molecular weight excluding hydrogens is 246 g/mol. The second-order valence-electron chi connectivity index (χ2n) is 4.46. The van der Waals surface area contributed by atoms with Crippen LogP contribution in [0, 0.1) is 0 Å². The molecule has 1 aliphatic heterocycles. The molecular formula is C14H14ClN3. The summed E-state index contributed by atoms with van der Waals surface area (Å²) in [5, 5.41) is 0.637. The van der Waals surface area contributed by atoms with Crippen molar-refractivity contribution in [2.24, 2.45) is 5.73 Å². The first-order chi connectivity index (χ1) is 8.78. The SMILES string of the molecule is NCc1cc(N2Cc3ccccc3C2)ncc1Cl. The van der Waals surface area contributed by atoms with Crippen LogP contribution >= 0.6 is 11.6 Å². The van der Waals surface area contributed by atoms with Gasteiger partial charge in [-0.05, 0) is 22.8 Å². The molecule has 0 atom stereocenters. The fourth-order valence-electron chi connectivity index (χ4n) is 2.29. The number of rotatable bonds is 2. The zero-order valence-corrected chi connectivity index (χ0v) is 10.7. The van der Waals surface area contributed by atoms with E-state index in [2.05, 4.69) is 34.1 Å². The maximum atomic E-state index is 6.03. The molecule has 92 valence electrons. The van der Waals surface area contributed by atoms with Crippen molar-refractivity contribution >= 4 is 17.4 Å². The molecule has 0 saturated heterocycles. The van der Waals surface area contributed by atoms with E-state index < -0.39 is 0 Å². The molecule has 0 saturated carbocycles. The third kappa shape index (κ3) is 1.96. The Morgan fingerprint density at radius 1 is 1.22 bits per heavy atom. The molecule has 0 amide bonds. The van der Waals surface area contributed by atoms with Crippen LogP contribution in [0.5, 0.6) is 0 Å². The van der Waals surface area contributed by atoms with E-state index in [-0.39, 0.29) is 0 Å². The Morgan fingerprint density at radius 3 is 2.50 bits per heavy atom. The highest BCUT2D eigenvalue weighted by Crippen LogP contribution is 2.28. The summed E-state index contributed by atoms with van der Waals surface area (Å²) in [4.78, 5) is 6.63. The van der Waals surface area contributed by atoms with Crippen molar-refractivity contribution in [3.8, 4) is 0 Å². The molecule has 2 heterocycles. The van der Waals surface area contributed by atoms with Crippen LogP contribution in [0.25, 0.3) is 0 Å². The number of anilines is 1. The van der Waals surface area contributed by atoms with Gasteiger partial charge in [0.05, 0.1) is 5.02 Å². The van der Waals surface area contributed by atoms with Crippen molar-refractivity contribution in [1.82, 2.24) is 4.98 Å². The third-order valence-corrected chi connectivity index (χ3v) is 3.65. The van der Waals surface area contributed by atoms with Crippen LogP contribution in [0.15, 0.2) is 36.5 Å². The summed E-state index contributed by atoms with van der Waals surface area (Å²) >= 11 is 6.03. The van der Waals surface area contributed by atoms with Crippen LogP contribution in [0.4, 0.5) is 5.82 Å². The van der Waals surface area contributed by atoms with E-state index in [1.807, 2.05) is 6.07 Å². The van der Waals surface area contributed by atoms with E-state index in [1.165, 1.54) is 11.1 Å². The van der Waals surface area contributed by atoms with Crippen molar-refractivity contribution in [2.75, 3.05) is 4.90 Å². The van der Waals surface area contributed by atoms with Gasteiger partial charge in [-0.2, -0.15) is 0 Å². The Hall–Kier alpha value is -1.58. The summed E-state index contributed by atoms with van der Waals surface area (Å²) < 4.78 is 0. The van der Waals surface area contributed by atoms with Crippen LogP contribution < -0.4 is 10.6 Å². The molecule has 3 nitrogen and oxygen atoms in total. The Labute approximate surface area is 111 Å². The maximum absolute atomic E-state index is 6.03. The lowest BCUT2D eigenvalue weighted by atomic mass is 10.1. The van der Waals surface area contributed by atoms with Crippen LogP contribution in [0.3, 0.4) is 0 Å². The lowest BCUT2D eigenvalue weighted by Crippen LogP contribution is -2.16. The first kappa shape index (κ1) is 11.5. The summed E-state index contributed by atoms with van der Waals surface area (Å²) in [5.41, 5.74) is 9.34. The predicted octanol–water partition coefficient (Wildman–Crippen LogP) is 2.71. The Kier molecular flexibility index (Phi) is 2.94. The smallest absolute Gasteiger partial charge is 0.129 e. The standard InChI is InChI=1S/C14H14ClN3/c15-13-7-17-14(5-12(13)6-16)18-8-10-3-1-2-4-11(10)9-18/h1-5,7H,6,8-9,16H2. The molecule has 0 bridgehead atoms. The number of halogens is 1. The first-order valence-corrected chi connectivity index (χ1v) is 6.32. The summed E-state index contributed by atoms with van der Waals surface area (Å²) in [7, 11) is 0. The van der Waals surface area contributed by atoms with Crippen LogP contribution in [0.1, 0.15) is 16.7 Å². The molecule has 0 radical (unpaired) electrons. The second-order valence-corrected chi connectivity index (χ2v) is 4.87. The summed E-state index contributed by atoms with van der Waals surface area (Å²) in [6, 6.07) is 10.4. The van der Waals surface area contributed by atoms with Crippen molar-refractivity contribution in [3.05, 3.63) is 58.2 Å². The summed E-state index contributed by atoms with van der Waals surface area (Å²) in [6.07, 6.45) is 1.68. The Morgan fingerprint density at radius 2 is 1.89 bits per heavy atom. The molecule has 2 N–H and O–H groups in total. The normalized spacial score (nSPS) is 13.8. The molecule has 2 aromatic rings. The fraction of sp³-hybridized carbons (Fsp3) is 0.214. The fourth-order valence-corrected chi connectivity index (χ4v) is 2.47. The highest BCUT2D eigenvalue weighted by molar-refractivity contribution is 6.31. The minimum Gasteiger partial charge on any atom is -0.348 e. The van der Waals surface area contributed by atoms with Gasteiger partial charge in [-0.25, -0.2) is 4.98 Å². The largest absolute Gasteiger partial charge is 0.348 e. The van der Waals surface area contributed by atoms with E-state index in [0.29, 0.717) is 11.6 Å². The van der Waals surface area contributed by atoms with Gasteiger partial charge in [0.2, 0.25) is 0 Å². The number of nitrogens with two attached hydrogens (primary N) is 1. The minimum atomic E-state index is 0.440. The number of aromatic nitrogens is 1.